The molecule has 0 aliphatic carbocycles. The summed E-state index contributed by atoms with van der Waals surface area (Å²) in [4.78, 5) is 12.1. The van der Waals surface area contributed by atoms with Gasteiger partial charge in [0, 0.05) is 15.6 Å². The molecule has 0 radical (unpaired) electrons. The van der Waals surface area contributed by atoms with Crippen LogP contribution in [0.4, 0.5) is 8.78 Å². The zero-order chi connectivity index (χ0) is 19.3. The smallest absolute Gasteiger partial charge is 0.369 e. The van der Waals surface area contributed by atoms with Crippen molar-refractivity contribution in [1.82, 2.24) is 0 Å². The SMILES string of the molecule is C=CCOC(=O)c1cc2c(F)ccc(C(F)P(=O)(OCC)OCC)c2s1. The van der Waals surface area contributed by atoms with Crippen LogP contribution in [0.15, 0.2) is 30.9 Å². The van der Waals surface area contributed by atoms with Gasteiger partial charge >= 0.3 is 13.6 Å². The highest BCUT2D eigenvalue weighted by Gasteiger charge is 2.39. The van der Waals surface area contributed by atoms with Gasteiger partial charge in [0.1, 0.15) is 17.3 Å². The van der Waals surface area contributed by atoms with E-state index in [0.29, 0.717) is 0 Å². The van der Waals surface area contributed by atoms with Crippen LogP contribution in [-0.2, 0) is 18.3 Å². The van der Waals surface area contributed by atoms with E-state index in [1.807, 2.05) is 0 Å². The van der Waals surface area contributed by atoms with Crippen LogP contribution in [0.3, 0.4) is 0 Å². The normalized spacial score (nSPS) is 12.9. The topological polar surface area (TPSA) is 61.8 Å². The fraction of sp³-hybridized carbons (Fsp3) is 0.353. The van der Waals surface area contributed by atoms with E-state index in [1.54, 1.807) is 13.8 Å². The third-order valence-corrected chi connectivity index (χ3v) is 6.58. The van der Waals surface area contributed by atoms with Crippen LogP contribution in [0.1, 0.15) is 35.0 Å². The molecule has 9 heteroatoms. The second-order valence-corrected chi connectivity index (χ2v) is 8.19. The molecular weight excluding hydrogens is 385 g/mol. The van der Waals surface area contributed by atoms with Gasteiger partial charge in [0.05, 0.1) is 13.2 Å². The van der Waals surface area contributed by atoms with Crippen LogP contribution in [0.5, 0.6) is 0 Å². The highest BCUT2D eigenvalue weighted by molar-refractivity contribution is 7.54. The largest absolute Gasteiger partial charge is 0.457 e. The molecule has 5 nitrogen and oxygen atoms in total. The Bertz CT molecular complexity index is 841. The fourth-order valence-corrected chi connectivity index (χ4v) is 5.10. The minimum absolute atomic E-state index is 0.00195. The maximum atomic E-state index is 15.1. The summed E-state index contributed by atoms with van der Waals surface area (Å²) in [6.45, 7) is 6.56. The Balaban J connectivity index is 2.52. The number of halogens is 2. The molecule has 1 atom stereocenters. The first-order valence-electron chi connectivity index (χ1n) is 7.90. The van der Waals surface area contributed by atoms with E-state index in [9.17, 15) is 13.8 Å². The van der Waals surface area contributed by atoms with Gasteiger partial charge in [-0.25, -0.2) is 13.6 Å². The van der Waals surface area contributed by atoms with E-state index in [1.165, 1.54) is 18.2 Å². The molecule has 0 N–H and O–H groups in total. The summed E-state index contributed by atoms with van der Waals surface area (Å²) in [6, 6.07) is 3.52. The maximum Gasteiger partial charge on any atom is 0.369 e. The van der Waals surface area contributed by atoms with Crippen molar-refractivity contribution in [2.45, 2.75) is 19.8 Å². The number of rotatable bonds is 9. The number of thiophene rings is 1. The Morgan fingerprint density at radius 3 is 2.58 bits per heavy atom. The molecule has 0 saturated carbocycles. The van der Waals surface area contributed by atoms with Gasteiger partial charge in [-0.05, 0) is 26.0 Å². The summed E-state index contributed by atoms with van der Waals surface area (Å²) in [5.74, 6) is -3.41. The van der Waals surface area contributed by atoms with Crippen LogP contribution in [0.2, 0.25) is 0 Å². The van der Waals surface area contributed by atoms with E-state index in [4.69, 9.17) is 13.8 Å². The fourth-order valence-electron chi connectivity index (χ4n) is 2.30. The number of benzene rings is 1. The molecular formula is C17H19F2O5PS. The number of alkyl halides is 1. The van der Waals surface area contributed by atoms with Crippen molar-refractivity contribution < 1.29 is 31.9 Å². The van der Waals surface area contributed by atoms with Crippen molar-refractivity contribution in [3.8, 4) is 0 Å². The summed E-state index contributed by atoms with van der Waals surface area (Å²) >= 11 is 0.856. The Morgan fingerprint density at radius 1 is 1.35 bits per heavy atom. The van der Waals surface area contributed by atoms with E-state index in [-0.39, 0.29) is 40.3 Å². The first-order valence-corrected chi connectivity index (χ1v) is 10.3. The second-order valence-electron chi connectivity index (χ2n) is 5.09. The lowest BCUT2D eigenvalue weighted by atomic mass is 10.1. The van der Waals surface area contributed by atoms with Gasteiger partial charge < -0.3 is 13.8 Å². The van der Waals surface area contributed by atoms with Gasteiger partial charge in [0.25, 0.3) is 0 Å². The molecule has 26 heavy (non-hydrogen) atoms. The monoisotopic (exact) mass is 404 g/mol. The molecule has 1 aromatic heterocycles. The number of fused-ring (bicyclic) bond motifs is 1. The summed E-state index contributed by atoms with van der Waals surface area (Å²) in [5.41, 5.74) is -0.0561. The predicted molar refractivity (Wildman–Crippen MR) is 97.0 cm³/mol. The van der Waals surface area contributed by atoms with Crippen LogP contribution < -0.4 is 0 Å². The molecule has 0 fully saturated rings. The number of esters is 1. The predicted octanol–water partition coefficient (Wildman–Crippen LogP) is 5.62. The van der Waals surface area contributed by atoms with Gasteiger partial charge in [0.15, 0.2) is 0 Å². The zero-order valence-corrected chi connectivity index (χ0v) is 16.1. The molecule has 2 rings (SSSR count). The molecule has 1 heterocycles. The summed E-state index contributed by atoms with van der Waals surface area (Å²) in [5, 5.41) is 0.0419. The average molecular weight is 404 g/mol. The molecule has 1 aromatic carbocycles. The van der Waals surface area contributed by atoms with Crippen LogP contribution in [0.25, 0.3) is 10.1 Å². The molecule has 2 aromatic rings. The minimum atomic E-state index is -4.10. The van der Waals surface area contributed by atoms with Crippen molar-refractivity contribution >= 4 is 35.0 Å². The minimum Gasteiger partial charge on any atom is -0.457 e. The van der Waals surface area contributed by atoms with Crippen molar-refractivity contribution in [3.05, 3.63) is 47.1 Å². The number of hydrogen-bond donors (Lipinski definition) is 0. The van der Waals surface area contributed by atoms with Crippen molar-refractivity contribution in [2.24, 2.45) is 0 Å². The van der Waals surface area contributed by atoms with Crippen molar-refractivity contribution in [1.29, 1.82) is 0 Å². The zero-order valence-electron chi connectivity index (χ0n) is 14.4. The number of hydrogen-bond acceptors (Lipinski definition) is 6. The Labute approximate surface area is 154 Å². The van der Waals surface area contributed by atoms with Crippen LogP contribution in [0, 0.1) is 5.82 Å². The Hall–Kier alpha value is -1.60. The molecule has 0 amide bonds. The van der Waals surface area contributed by atoms with Crippen LogP contribution in [-0.4, -0.2) is 25.8 Å². The molecule has 142 valence electrons. The van der Waals surface area contributed by atoms with Gasteiger partial charge in [-0.15, -0.1) is 11.3 Å². The summed E-state index contributed by atoms with van der Waals surface area (Å²) in [7, 11) is -4.10. The summed E-state index contributed by atoms with van der Waals surface area (Å²) in [6.07, 6.45) is 1.40. The number of ether oxygens (including phenoxy) is 1. The van der Waals surface area contributed by atoms with Gasteiger partial charge in [-0.1, -0.05) is 18.7 Å². The molecule has 0 spiro atoms. The quantitative estimate of drug-likeness (QED) is 0.309. The lowest BCUT2D eigenvalue weighted by Gasteiger charge is -2.21. The molecule has 0 saturated heterocycles. The standard InChI is InChI=1S/C17H19F2O5PS/c1-4-9-22-17(20)14-10-12-13(18)8-7-11(15(12)26-14)16(19)25(21,23-5-2)24-6-3/h4,7-8,10,16H,1,5-6,9H2,2-3H3. The lowest BCUT2D eigenvalue weighted by Crippen LogP contribution is -2.03. The van der Waals surface area contributed by atoms with Gasteiger partial charge in [-0.3, -0.25) is 4.57 Å². The number of carbonyl (C=O) groups is 1. The Morgan fingerprint density at radius 2 is 2.00 bits per heavy atom. The molecule has 0 aliphatic heterocycles. The summed E-state index contributed by atoms with van der Waals surface area (Å²) < 4.78 is 57.1. The van der Waals surface area contributed by atoms with E-state index < -0.39 is 25.3 Å². The van der Waals surface area contributed by atoms with E-state index in [2.05, 4.69) is 6.58 Å². The average Bonchev–Trinajstić information content (AvgIpc) is 3.06. The lowest BCUT2D eigenvalue weighted by molar-refractivity contribution is 0.0555. The van der Waals surface area contributed by atoms with Crippen molar-refractivity contribution in [3.63, 3.8) is 0 Å². The van der Waals surface area contributed by atoms with Gasteiger partial charge in [-0.2, -0.15) is 0 Å². The maximum absolute atomic E-state index is 15.1. The first kappa shape index (κ1) is 20.7. The first-order chi connectivity index (χ1) is 12.4. The molecule has 1 unspecified atom stereocenters. The van der Waals surface area contributed by atoms with Crippen LogP contribution >= 0.6 is 18.9 Å². The molecule has 0 bridgehead atoms. The highest BCUT2D eigenvalue weighted by atomic mass is 32.1. The third-order valence-electron chi connectivity index (χ3n) is 3.35. The van der Waals surface area contributed by atoms with E-state index >= 15 is 4.39 Å². The molecule has 0 aliphatic rings. The van der Waals surface area contributed by atoms with Gasteiger partial charge in [0.2, 0.25) is 5.91 Å². The highest BCUT2D eigenvalue weighted by Crippen LogP contribution is 2.62. The Kier molecular flexibility index (Phi) is 7.06. The van der Waals surface area contributed by atoms with Crippen molar-refractivity contribution in [2.75, 3.05) is 19.8 Å². The number of carbonyl (C=O) groups excluding carboxylic acids is 1. The third kappa shape index (κ3) is 4.20. The second kappa shape index (κ2) is 8.86. The van der Waals surface area contributed by atoms with E-state index in [0.717, 1.165) is 17.4 Å².